The van der Waals surface area contributed by atoms with E-state index in [4.69, 9.17) is 4.74 Å². The molecule has 0 saturated carbocycles. The maximum absolute atomic E-state index is 12.7. The smallest absolute Gasteiger partial charge is 0.257 e. The number of hydrogen-bond acceptors (Lipinski definition) is 6. The van der Waals surface area contributed by atoms with Crippen LogP contribution in [-0.2, 0) is 0 Å². The molecule has 1 fully saturated rings. The Bertz CT molecular complexity index is 702. The molecule has 0 spiro atoms. The number of methoxy groups -OCH3 is 1. The van der Waals surface area contributed by atoms with Gasteiger partial charge in [0.15, 0.2) is 0 Å². The Hall–Kier alpha value is -2.64. The third-order valence-corrected chi connectivity index (χ3v) is 4.33. The number of nitrogens with one attached hydrogen (secondary N) is 2. The van der Waals surface area contributed by atoms with Crippen molar-refractivity contribution in [3.8, 4) is 5.88 Å². The van der Waals surface area contributed by atoms with Gasteiger partial charge in [0.1, 0.15) is 12.1 Å². The molecule has 0 aromatic carbocycles. The summed E-state index contributed by atoms with van der Waals surface area (Å²) in [4.78, 5) is 22.8. The van der Waals surface area contributed by atoms with Crippen LogP contribution in [0.15, 0.2) is 12.4 Å². The van der Waals surface area contributed by atoms with Crippen LogP contribution in [0.25, 0.3) is 0 Å². The molecule has 24 heavy (non-hydrogen) atoms. The molecule has 1 aliphatic heterocycles. The van der Waals surface area contributed by atoms with Gasteiger partial charge in [0, 0.05) is 30.9 Å². The van der Waals surface area contributed by atoms with E-state index < -0.39 is 0 Å². The number of piperidine rings is 1. The quantitative estimate of drug-likeness (QED) is 0.883. The molecular weight excluding hydrogens is 308 g/mol. The van der Waals surface area contributed by atoms with E-state index in [9.17, 15) is 4.79 Å². The Morgan fingerprint density at radius 3 is 2.71 bits per heavy atom. The third-order valence-electron chi connectivity index (χ3n) is 4.33. The SMILES string of the molecule is COc1cc(NC2CCN(C(=O)c3c(C)n[nH]c3C)CC2)ncn1. The van der Waals surface area contributed by atoms with E-state index in [2.05, 4.69) is 25.5 Å². The van der Waals surface area contributed by atoms with E-state index >= 15 is 0 Å². The van der Waals surface area contributed by atoms with Crippen molar-refractivity contribution in [1.82, 2.24) is 25.1 Å². The van der Waals surface area contributed by atoms with Gasteiger partial charge in [-0.15, -0.1) is 0 Å². The standard InChI is InChI=1S/C16H22N6O2/c1-10-15(11(2)21-20-10)16(23)22-6-4-12(5-7-22)19-13-8-14(24-3)18-9-17-13/h8-9,12H,4-7H2,1-3H3,(H,20,21)(H,17,18,19). The third kappa shape index (κ3) is 3.32. The number of carbonyl (C=O) groups excluding carboxylic acids is 1. The van der Waals surface area contributed by atoms with Crippen molar-refractivity contribution >= 4 is 11.7 Å². The Morgan fingerprint density at radius 2 is 2.08 bits per heavy atom. The number of rotatable bonds is 4. The molecule has 0 radical (unpaired) electrons. The minimum Gasteiger partial charge on any atom is -0.481 e. The monoisotopic (exact) mass is 330 g/mol. The second-order valence-electron chi connectivity index (χ2n) is 5.97. The number of carbonyl (C=O) groups is 1. The topological polar surface area (TPSA) is 96.0 Å². The van der Waals surface area contributed by atoms with Crippen LogP contribution in [-0.4, -0.2) is 57.2 Å². The molecule has 1 amide bonds. The minimum atomic E-state index is 0.0564. The molecule has 8 nitrogen and oxygen atoms in total. The minimum absolute atomic E-state index is 0.0564. The zero-order valence-electron chi connectivity index (χ0n) is 14.2. The first kappa shape index (κ1) is 16.2. The molecule has 0 bridgehead atoms. The molecule has 1 aliphatic rings. The summed E-state index contributed by atoms with van der Waals surface area (Å²) in [5.74, 6) is 1.33. The molecule has 3 rings (SSSR count). The molecule has 0 aliphatic carbocycles. The van der Waals surface area contributed by atoms with Gasteiger partial charge >= 0.3 is 0 Å². The van der Waals surface area contributed by atoms with E-state index in [1.807, 2.05) is 18.7 Å². The van der Waals surface area contributed by atoms with Gasteiger partial charge in [-0.2, -0.15) is 5.10 Å². The first-order chi connectivity index (χ1) is 11.6. The molecule has 8 heteroatoms. The number of anilines is 1. The lowest BCUT2D eigenvalue weighted by molar-refractivity contribution is 0.0717. The zero-order valence-corrected chi connectivity index (χ0v) is 14.2. The Labute approximate surface area is 140 Å². The molecule has 2 aromatic heterocycles. The van der Waals surface area contributed by atoms with Crippen LogP contribution in [0.3, 0.4) is 0 Å². The number of likely N-dealkylation sites (tertiary alicyclic amines) is 1. The number of ether oxygens (including phenoxy) is 1. The highest BCUT2D eigenvalue weighted by Gasteiger charge is 2.26. The maximum Gasteiger partial charge on any atom is 0.257 e. The first-order valence-corrected chi connectivity index (χ1v) is 8.02. The molecule has 128 valence electrons. The van der Waals surface area contributed by atoms with E-state index in [1.165, 1.54) is 6.33 Å². The lowest BCUT2D eigenvalue weighted by Crippen LogP contribution is -2.42. The van der Waals surface area contributed by atoms with Gasteiger partial charge in [-0.05, 0) is 26.7 Å². The van der Waals surface area contributed by atoms with E-state index in [0.717, 1.165) is 30.0 Å². The fourth-order valence-electron chi connectivity index (χ4n) is 2.99. The number of aryl methyl sites for hydroxylation is 2. The number of H-pyrrole nitrogens is 1. The van der Waals surface area contributed by atoms with Crippen LogP contribution in [0.1, 0.15) is 34.6 Å². The van der Waals surface area contributed by atoms with Gasteiger partial charge < -0.3 is 15.0 Å². The van der Waals surface area contributed by atoms with Gasteiger partial charge in [0.2, 0.25) is 5.88 Å². The van der Waals surface area contributed by atoms with Crippen molar-refractivity contribution in [3.63, 3.8) is 0 Å². The molecule has 1 saturated heterocycles. The molecule has 0 atom stereocenters. The number of amides is 1. The fourth-order valence-corrected chi connectivity index (χ4v) is 2.99. The van der Waals surface area contributed by atoms with Crippen LogP contribution in [0.2, 0.25) is 0 Å². The molecule has 0 unspecified atom stereocenters. The van der Waals surface area contributed by atoms with Crippen molar-refractivity contribution < 1.29 is 9.53 Å². The van der Waals surface area contributed by atoms with Crippen molar-refractivity contribution in [2.24, 2.45) is 0 Å². The summed E-state index contributed by atoms with van der Waals surface area (Å²) < 4.78 is 5.10. The van der Waals surface area contributed by atoms with Gasteiger partial charge in [0.05, 0.1) is 18.4 Å². The predicted molar refractivity (Wildman–Crippen MR) is 89.2 cm³/mol. The van der Waals surface area contributed by atoms with E-state index in [1.54, 1.807) is 13.2 Å². The first-order valence-electron chi connectivity index (χ1n) is 8.02. The highest BCUT2D eigenvalue weighted by molar-refractivity contribution is 5.96. The fraction of sp³-hybridized carbons (Fsp3) is 0.500. The van der Waals surface area contributed by atoms with Crippen molar-refractivity contribution in [2.45, 2.75) is 32.7 Å². The summed E-state index contributed by atoms with van der Waals surface area (Å²) in [6.45, 7) is 5.16. The van der Waals surface area contributed by atoms with Crippen LogP contribution in [0, 0.1) is 13.8 Å². The average Bonchev–Trinajstić information content (AvgIpc) is 2.94. The van der Waals surface area contributed by atoms with Gasteiger partial charge in [0.25, 0.3) is 5.91 Å². The highest BCUT2D eigenvalue weighted by atomic mass is 16.5. The summed E-state index contributed by atoms with van der Waals surface area (Å²) in [5, 5.41) is 10.4. The van der Waals surface area contributed by atoms with Crippen LogP contribution in [0.5, 0.6) is 5.88 Å². The zero-order chi connectivity index (χ0) is 17.1. The van der Waals surface area contributed by atoms with Gasteiger partial charge in [-0.25, -0.2) is 9.97 Å². The van der Waals surface area contributed by atoms with Crippen molar-refractivity contribution in [2.75, 3.05) is 25.5 Å². The van der Waals surface area contributed by atoms with Crippen LogP contribution in [0.4, 0.5) is 5.82 Å². The maximum atomic E-state index is 12.7. The molecule has 2 aromatic rings. The van der Waals surface area contributed by atoms with Crippen molar-refractivity contribution in [1.29, 1.82) is 0 Å². The number of aromatic nitrogens is 4. The van der Waals surface area contributed by atoms with Crippen LogP contribution >= 0.6 is 0 Å². The van der Waals surface area contributed by atoms with E-state index in [0.29, 0.717) is 24.5 Å². The van der Waals surface area contributed by atoms with Crippen molar-refractivity contribution in [3.05, 3.63) is 29.3 Å². The number of hydrogen-bond donors (Lipinski definition) is 2. The lowest BCUT2D eigenvalue weighted by Gasteiger charge is -2.32. The summed E-state index contributed by atoms with van der Waals surface area (Å²) in [7, 11) is 1.58. The summed E-state index contributed by atoms with van der Waals surface area (Å²) in [6.07, 6.45) is 3.21. The Morgan fingerprint density at radius 1 is 1.33 bits per heavy atom. The number of aromatic amines is 1. The lowest BCUT2D eigenvalue weighted by atomic mass is 10.0. The van der Waals surface area contributed by atoms with Gasteiger partial charge in [-0.3, -0.25) is 9.89 Å². The summed E-state index contributed by atoms with van der Waals surface area (Å²) >= 11 is 0. The molecular formula is C16H22N6O2. The second-order valence-corrected chi connectivity index (χ2v) is 5.97. The molecule has 3 heterocycles. The normalized spacial score (nSPS) is 15.4. The summed E-state index contributed by atoms with van der Waals surface area (Å²) in [5.41, 5.74) is 2.28. The van der Waals surface area contributed by atoms with Gasteiger partial charge in [-0.1, -0.05) is 0 Å². The Kier molecular flexibility index (Phi) is 4.64. The average molecular weight is 330 g/mol. The Balaban J connectivity index is 1.58. The number of nitrogens with zero attached hydrogens (tertiary/aromatic N) is 4. The summed E-state index contributed by atoms with van der Waals surface area (Å²) in [6, 6.07) is 2.05. The molecule has 2 N–H and O–H groups in total. The van der Waals surface area contributed by atoms with E-state index in [-0.39, 0.29) is 11.9 Å². The predicted octanol–water partition coefficient (Wildman–Crippen LogP) is 1.54. The highest BCUT2D eigenvalue weighted by Crippen LogP contribution is 2.20. The van der Waals surface area contributed by atoms with Crippen LogP contribution < -0.4 is 10.1 Å². The second kappa shape index (κ2) is 6.86. The largest absolute Gasteiger partial charge is 0.481 e.